The maximum absolute atomic E-state index is 13.0. The zero-order chi connectivity index (χ0) is 24.2. The lowest BCUT2D eigenvalue weighted by atomic mass is 10.2. The second kappa shape index (κ2) is 9.57. The highest BCUT2D eigenvalue weighted by Crippen LogP contribution is 2.30. The molecule has 2 aromatic carbocycles. The van der Waals surface area contributed by atoms with Gasteiger partial charge in [0.1, 0.15) is 0 Å². The zero-order valence-corrected chi connectivity index (χ0v) is 18.3. The largest absolute Gasteiger partial charge is 0.416 e. The number of benzene rings is 2. The summed E-state index contributed by atoms with van der Waals surface area (Å²) in [6.45, 7) is 1.44. The summed E-state index contributed by atoms with van der Waals surface area (Å²) in [5.74, 6) is -1.06. The SMILES string of the molecule is Cc1cc(=O)c(C(=O)NCCCS(=O)(=O)c2ccccc2)nn1-c1cccc(C(F)(F)F)c1. The molecule has 1 heterocycles. The second-order valence-electron chi connectivity index (χ2n) is 7.20. The van der Waals surface area contributed by atoms with Gasteiger partial charge in [-0.1, -0.05) is 24.3 Å². The summed E-state index contributed by atoms with van der Waals surface area (Å²) in [5, 5.41) is 6.39. The topological polar surface area (TPSA) is 98.1 Å². The van der Waals surface area contributed by atoms with E-state index in [1.54, 1.807) is 18.2 Å². The van der Waals surface area contributed by atoms with Gasteiger partial charge < -0.3 is 5.32 Å². The van der Waals surface area contributed by atoms with Crippen molar-refractivity contribution in [3.8, 4) is 5.69 Å². The van der Waals surface area contributed by atoms with Crippen molar-refractivity contribution in [1.29, 1.82) is 0 Å². The number of carbonyl (C=O) groups is 1. The molecule has 1 aromatic heterocycles. The fraction of sp³-hybridized carbons (Fsp3) is 0.227. The summed E-state index contributed by atoms with van der Waals surface area (Å²) in [5.41, 5.74) is -1.84. The van der Waals surface area contributed by atoms with Crippen LogP contribution in [0.4, 0.5) is 13.2 Å². The van der Waals surface area contributed by atoms with Gasteiger partial charge in [-0.05, 0) is 43.7 Å². The average molecular weight is 479 g/mol. The molecule has 0 saturated heterocycles. The van der Waals surface area contributed by atoms with Crippen molar-refractivity contribution in [3.05, 3.63) is 87.8 Å². The molecule has 0 unspecified atom stereocenters. The lowest BCUT2D eigenvalue weighted by Gasteiger charge is -2.13. The van der Waals surface area contributed by atoms with Crippen molar-refractivity contribution in [3.63, 3.8) is 0 Å². The number of aryl methyl sites for hydroxylation is 1. The number of amides is 1. The Labute approximate surface area is 187 Å². The van der Waals surface area contributed by atoms with E-state index in [-0.39, 0.29) is 35.0 Å². The van der Waals surface area contributed by atoms with Gasteiger partial charge in [0.05, 0.1) is 21.9 Å². The number of hydrogen-bond donors (Lipinski definition) is 1. The number of carbonyl (C=O) groups excluding carboxylic acids is 1. The molecule has 33 heavy (non-hydrogen) atoms. The molecule has 0 radical (unpaired) electrons. The van der Waals surface area contributed by atoms with Gasteiger partial charge >= 0.3 is 6.18 Å². The van der Waals surface area contributed by atoms with Crippen molar-refractivity contribution in [2.45, 2.75) is 24.4 Å². The molecule has 1 N–H and O–H groups in total. The normalized spacial score (nSPS) is 11.9. The van der Waals surface area contributed by atoms with E-state index in [2.05, 4.69) is 10.4 Å². The highest BCUT2D eigenvalue weighted by atomic mass is 32.2. The van der Waals surface area contributed by atoms with Crippen molar-refractivity contribution < 1.29 is 26.4 Å². The Hall–Kier alpha value is -3.47. The first kappa shape index (κ1) is 24.2. The number of rotatable bonds is 7. The average Bonchev–Trinajstić information content (AvgIpc) is 2.77. The molecule has 0 saturated carbocycles. The van der Waals surface area contributed by atoms with Crippen molar-refractivity contribution in [2.24, 2.45) is 0 Å². The molecule has 0 aliphatic carbocycles. The third-order valence-electron chi connectivity index (χ3n) is 4.72. The number of alkyl halides is 3. The Morgan fingerprint density at radius 1 is 1.06 bits per heavy atom. The lowest BCUT2D eigenvalue weighted by Crippen LogP contribution is -2.33. The molecule has 1 amide bonds. The van der Waals surface area contributed by atoms with Crippen LogP contribution in [0.25, 0.3) is 5.69 Å². The maximum Gasteiger partial charge on any atom is 0.416 e. The Balaban J connectivity index is 1.73. The van der Waals surface area contributed by atoms with Gasteiger partial charge in [0.15, 0.2) is 15.5 Å². The third-order valence-corrected chi connectivity index (χ3v) is 6.53. The van der Waals surface area contributed by atoms with Crippen LogP contribution in [0.1, 0.15) is 28.2 Å². The molecular weight excluding hydrogens is 459 g/mol. The monoisotopic (exact) mass is 479 g/mol. The van der Waals surface area contributed by atoms with Crippen LogP contribution in [0.15, 0.2) is 70.4 Å². The molecule has 11 heteroatoms. The fourth-order valence-corrected chi connectivity index (χ4v) is 4.41. The number of aromatic nitrogens is 2. The van der Waals surface area contributed by atoms with Gasteiger partial charge in [-0.25, -0.2) is 13.1 Å². The van der Waals surface area contributed by atoms with Gasteiger partial charge in [0.2, 0.25) is 5.43 Å². The molecule has 0 bridgehead atoms. The third kappa shape index (κ3) is 5.86. The van der Waals surface area contributed by atoms with Gasteiger partial charge in [-0.15, -0.1) is 0 Å². The van der Waals surface area contributed by atoms with Crippen LogP contribution in [0.2, 0.25) is 0 Å². The van der Waals surface area contributed by atoms with E-state index in [1.807, 2.05) is 0 Å². The molecule has 7 nitrogen and oxygen atoms in total. The number of sulfone groups is 1. The molecule has 0 aliphatic rings. The molecule has 3 aromatic rings. The van der Waals surface area contributed by atoms with E-state index in [9.17, 15) is 31.2 Å². The Bertz CT molecular complexity index is 1320. The predicted octanol–water partition coefficient (Wildman–Crippen LogP) is 3.15. The summed E-state index contributed by atoms with van der Waals surface area (Å²) >= 11 is 0. The Morgan fingerprint density at radius 2 is 1.76 bits per heavy atom. The van der Waals surface area contributed by atoms with Gasteiger partial charge in [-0.2, -0.15) is 18.3 Å². The van der Waals surface area contributed by atoms with E-state index in [0.717, 1.165) is 22.9 Å². The van der Waals surface area contributed by atoms with Crippen LogP contribution in [0, 0.1) is 6.92 Å². The number of nitrogens with zero attached hydrogens (tertiary/aromatic N) is 2. The van der Waals surface area contributed by atoms with Crippen LogP contribution in [-0.2, 0) is 16.0 Å². The van der Waals surface area contributed by atoms with Gasteiger partial charge in [-0.3, -0.25) is 9.59 Å². The molecule has 0 spiro atoms. The van der Waals surface area contributed by atoms with Crippen molar-refractivity contribution in [2.75, 3.05) is 12.3 Å². The Morgan fingerprint density at radius 3 is 2.42 bits per heavy atom. The Kier molecular flexibility index (Phi) is 7.01. The van der Waals surface area contributed by atoms with Crippen molar-refractivity contribution in [1.82, 2.24) is 15.1 Å². The van der Waals surface area contributed by atoms with Crippen LogP contribution in [0.5, 0.6) is 0 Å². The second-order valence-corrected chi connectivity index (χ2v) is 9.31. The minimum absolute atomic E-state index is 0.0327. The summed E-state index contributed by atoms with van der Waals surface area (Å²) in [4.78, 5) is 24.9. The number of halogens is 3. The molecule has 0 fully saturated rings. The molecule has 174 valence electrons. The van der Waals surface area contributed by atoms with Crippen LogP contribution >= 0.6 is 0 Å². The zero-order valence-electron chi connectivity index (χ0n) is 17.5. The summed E-state index contributed by atoms with van der Waals surface area (Å²) in [6, 6.07) is 13.3. The first-order chi connectivity index (χ1) is 15.5. The van der Waals surface area contributed by atoms with Crippen LogP contribution < -0.4 is 10.7 Å². The number of nitrogens with one attached hydrogen (secondary N) is 1. The first-order valence-corrected chi connectivity index (χ1v) is 11.5. The molecule has 0 atom stereocenters. The first-order valence-electron chi connectivity index (χ1n) is 9.84. The lowest BCUT2D eigenvalue weighted by molar-refractivity contribution is -0.137. The summed E-state index contributed by atoms with van der Waals surface area (Å²) < 4.78 is 64.7. The van der Waals surface area contributed by atoms with Crippen molar-refractivity contribution >= 4 is 15.7 Å². The maximum atomic E-state index is 13.0. The highest BCUT2D eigenvalue weighted by molar-refractivity contribution is 7.91. The molecule has 0 aliphatic heterocycles. The quantitative estimate of drug-likeness (QED) is 0.525. The summed E-state index contributed by atoms with van der Waals surface area (Å²) in [7, 11) is -3.52. The highest BCUT2D eigenvalue weighted by Gasteiger charge is 2.30. The molecule has 3 rings (SSSR count). The van der Waals surface area contributed by atoms with E-state index < -0.39 is 38.6 Å². The van der Waals surface area contributed by atoms with E-state index in [4.69, 9.17) is 0 Å². The standard InChI is InChI=1S/C22H20F3N3O4S/c1-15-13-19(29)20(27-28(15)17-8-5-7-16(14-17)22(23,24)25)21(30)26-11-6-12-33(31,32)18-9-3-2-4-10-18/h2-5,7-10,13-14H,6,11-12H2,1H3,(H,26,30). The molecular formula is C22H20F3N3O4S. The predicted molar refractivity (Wildman–Crippen MR) is 115 cm³/mol. The summed E-state index contributed by atoms with van der Waals surface area (Å²) in [6.07, 6.45) is -4.47. The number of hydrogen-bond acceptors (Lipinski definition) is 5. The van der Waals surface area contributed by atoms with Crippen LogP contribution in [0.3, 0.4) is 0 Å². The minimum atomic E-state index is -4.57. The van der Waals surface area contributed by atoms with E-state index in [0.29, 0.717) is 0 Å². The fourth-order valence-electron chi connectivity index (χ4n) is 3.07. The minimum Gasteiger partial charge on any atom is -0.350 e. The van der Waals surface area contributed by atoms with E-state index in [1.165, 1.54) is 31.2 Å². The van der Waals surface area contributed by atoms with E-state index >= 15 is 0 Å². The van der Waals surface area contributed by atoms with Gasteiger partial charge in [0, 0.05) is 18.3 Å². The smallest absolute Gasteiger partial charge is 0.350 e. The van der Waals surface area contributed by atoms with Gasteiger partial charge in [0.25, 0.3) is 5.91 Å². The van der Waals surface area contributed by atoms with Crippen LogP contribution in [-0.4, -0.2) is 36.4 Å².